The second-order valence-electron chi connectivity index (χ2n) is 8.10. The summed E-state index contributed by atoms with van der Waals surface area (Å²) in [4.78, 5) is 27.5. The maximum absolute atomic E-state index is 13.4. The zero-order valence-electron chi connectivity index (χ0n) is 19.0. The average Bonchev–Trinajstić information content (AvgIpc) is 2.69. The third-order valence-corrected chi connectivity index (χ3v) is 6.69. The molecule has 0 heterocycles. The Morgan fingerprint density at radius 2 is 1.69 bits per heavy atom. The highest BCUT2D eigenvalue weighted by molar-refractivity contribution is 14.1. The normalized spacial score (nSPS) is 12.3. The van der Waals surface area contributed by atoms with Crippen LogP contribution in [0.1, 0.15) is 31.9 Å². The van der Waals surface area contributed by atoms with Crippen molar-refractivity contribution in [3.05, 3.63) is 63.2 Å². The molecule has 0 saturated carbocycles. The van der Waals surface area contributed by atoms with Crippen molar-refractivity contribution in [2.24, 2.45) is 0 Å². The van der Waals surface area contributed by atoms with E-state index in [2.05, 4.69) is 27.9 Å². The number of rotatable bonds is 9. The lowest BCUT2D eigenvalue weighted by atomic mass is 10.1. The quantitative estimate of drug-likeness (QED) is 0.468. The van der Waals surface area contributed by atoms with Gasteiger partial charge < -0.3 is 10.2 Å². The molecule has 0 aliphatic carbocycles. The summed E-state index contributed by atoms with van der Waals surface area (Å²) in [5.41, 5.74) is 2.30. The molecule has 1 N–H and O–H groups in total. The van der Waals surface area contributed by atoms with Crippen molar-refractivity contribution in [2.75, 3.05) is 17.1 Å². The van der Waals surface area contributed by atoms with Gasteiger partial charge in [-0.15, -0.1) is 0 Å². The zero-order valence-corrected chi connectivity index (χ0v) is 22.0. The summed E-state index contributed by atoms with van der Waals surface area (Å²) in [5, 5.41) is 2.83. The molecule has 0 fully saturated rings. The number of carbonyl (C=O) groups is 2. The van der Waals surface area contributed by atoms with Gasteiger partial charge in [0.1, 0.15) is 12.6 Å². The number of sulfonamides is 1. The molecule has 0 aromatic heterocycles. The lowest BCUT2D eigenvalue weighted by molar-refractivity contribution is -0.139. The van der Waals surface area contributed by atoms with E-state index in [-0.39, 0.29) is 18.5 Å². The summed E-state index contributed by atoms with van der Waals surface area (Å²) in [6, 6.07) is 13.7. The van der Waals surface area contributed by atoms with Crippen molar-refractivity contribution in [3.63, 3.8) is 0 Å². The third kappa shape index (κ3) is 7.47. The van der Waals surface area contributed by atoms with Crippen LogP contribution in [0.4, 0.5) is 5.69 Å². The molecule has 0 bridgehead atoms. The maximum Gasteiger partial charge on any atom is 0.244 e. The van der Waals surface area contributed by atoms with Gasteiger partial charge >= 0.3 is 0 Å². The number of aryl methyl sites for hydroxylation is 1. The second-order valence-corrected chi connectivity index (χ2v) is 11.2. The molecule has 0 aliphatic rings. The van der Waals surface area contributed by atoms with Crippen LogP contribution in [0.15, 0.2) is 48.5 Å². The molecule has 9 heteroatoms. The molecule has 0 aliphatic heterocycles. The fraction of sp³-hybridized carbons (Fsp3) is 0.391. The highest BCUT2D eigenvalue weighted by atomic mass is 127. The van der Waals surface area contributed by atoms with E-state index in [0.717, 1.165) is 25.3 Å². The molecule has 0 spiro atoms. The lowest BCUT2D eigenvalue weighted by Gasteiger charge is -2.32. The number of nitrogens with one attached hydrogen (secondary N) is 1. The zero-order chi connectivity index (χ0) is 24.1. The summed E-state index contributed by atoms with van der Waals surface area (Å²) in [5.74, 6) is -0.747. The summed E-state index contributed by atoms with van der Waals surface area (Å²) >= 11 is 2.13. The minimum atomic E-state index is -3.72. The first kappa shape index (κ1) is 26.1. The van der Waals surface area contributed by atoms with Gasteiger partial charge in [-0.2, -0.15) is 0 Å². The van der Waals surface area contributed by atoms with Crippen LogP contribution in [0.25, 0.3) is 0 Å². The minimum absolute atomic E-state index is 0.0832. The number of halogens is 1. The summed E-state index contributed by atoms with van der Waals surface area (Å²) < 4.78 is 27.0. The molecule has 2 aromatic rings. The van der Waals surface area contributed by atoms with Gasteiger partial charge in [0, 0.05) is 16.2 Å². The Balaban J connectivity index is 2.38. The second kappa shape index (κ2) is 11.1. The maximum atomic E-state index is 13.4. The van der Waals surface area contributed by atoms with Crippen LogP contribution in [0.2, 0.25) is 0 Å². The molecule has 174 valence electrons. The van der Waals surface area contributed by atoms with Crippen molar-refractivity contribution in [1.29, 1.82) is 0 Å². The molecule has 0 radical (unpaired) electrons. The van der Waals surface area contributed by atoms with E-state index in [1.165, 1.54) is 4.90 Å². The number of benzene rings is 2. The van der Waals surface area contributed by atoms with E-state index in [1.54, 1.807) is 31.2 Å². The third-order valence-electron chi connectivity index (χ3n) is 4.83. The first-order chi connectivity index (χ1) is 14.9. The monoisotopic (exact) mass is 571 g/mol. The summed E-state index contributed by atoms with van der Waals surface area (Å²) in [7, 11) is -3.72. The SMILES string of the molecule is Cc1cccc(CN(C(=O)CN(c2ccc(I)cc2)S(C)(=O)=O)C(C)C(=O)NC(C)C)c1. The highest BCUT2D eigenvalue weighted by Crippen LogP contribution is 2.20. The number of nitrogens with zero attached hydrogens (tertiary/aromatic N) is 2. The van der Waals surface area contributed by atoms with E-state index >= 15 is 0 Å². The lowest BCUT2D eigenvalue weighted by Crippen LogP contribution is -2.52. The van der Waals surface area contributed by atoms with Crippen molar-refractivity contribution < 1.29 is 18.0 Å². The van der Waals surface area contributed by atoms with E-state index < -0.39 is 28.5 Å². The van der Waals surface area contributed by atoms with Gasteiger partial charge in [-0.1, -0.05) is 29.8 Å². The highest BCUT2D eigenvalue weighted by Gasteiger charge is 2.30. The van der Waals surface area contributed by atoms with Gasteiger partial charge in [-0.3, -0.25) is 13.9 Å². The fourth-order valence-corrected chi connectivity index (χ4v) is 4.43. The summed E-state index contributed by atoms with van der Waals surface area (Å²) in [6.07, 6.45) is 1.07. The van der Waals surface area contributed by atoms with Gasteiger partial charge in [0.15, 0.2) is 0 Å². The fourth-order valence-electron chi connectivity index (χ4n) is 3.22. The van der Waals surface area contributed by atoms with Gasteiger partial charge in [0.25, 0.3) is 0 Å². The first-order valence-electron chi connectivity index (χ1n) is 10.3. The van der Waals surface area contributed by atoms with Crippen LogP contribution in [0, 0.1) is 10.5 Å². The minimum Gasteiger partial charge on any atom is -0.352 e. The van der Waals surface area contributed by atoms with Crippen LogP contribution >= 0.6 is 22.6 Å². The smallest absolute Gasteiger partial charge is 0.244 e. The molecular formula is C23H30IN3O4S. The molecule has 7 nitrogen and oxygen atoms in total. The van der Waals surface area contributed by atoms with Crippen molar-refractivity contribution >= 4 is 50.1 Å². The van der Waals surface area contributed by atoms with Crippen molar-refractivity contribution in [2.45, 2.75) is 46.3 Å². The van der Waals surface area contributed by atoms with Crippen molar-refractivity contribution in [1.82, 2.24) is 10.2 Å². The van der Waals surface area contributed by atoms with Gasteiger partial charge in [0.2, 0.25) is 21.8 Å². The molecule has 0 saturated heterocycles. The Morgan fingerprint density at radius 1 is 1.06 bits per heavy atom. The van der Waals surface area contributed by atoms with Gasteiger partial charge in [0.05, 0.1) is 11.9 Å². The Morgan fingerprint density at radius 3 is 2.22 bits per heavy atom. The Labute approximate surface area is 204 Å². The van der Waals surface area contributed by atoms with E-state index in [9.17, 15) is 18.0 Å². The van der Waals surface area contributed by atoms with E-state index in [4.69, 9.17) is 0 Å². The molecular weight excluding hydrogens is 541 g/mol. The Bertz CT molecular complexity index is 1060. The number of hydrogen-bond acceptors (Lipinski definition) is 4. The number of carbonyl (C=O) groups excluding carboxylic acids is 2. The molecule has 2 aromatic carbocycles. The molecule has 1 unspecified atom stereocenters. The van der Waals surface area contributed by atoms with Crippen LogP contribution in [-0.4, -0.2) is 50.0 Å². The topological polar surface area (TPSA) is 86.8 Å². The number of hydrogen-bond donors (Lipinski definition) is 1. The van der Waals surface area contributed by atoms with Crippen LogP contribution in [0.5, 0.6) is 0 Å². The first-order valence-corrected chi connectivity index (χ1v) is 13.2. The van der Waals surface area contributed by atoms with E-state index in [1.807, 2.05) is 45.0 Å². The predicted molar refractivity (Wildman–Crippen MR) is 136 cm³/mol. The largest absolute Gasteiger partial charge is 0.352 e. The van der Waals surface area contributed by atoms with Gasteiger partial charge in [-0.25, -0.2) is 8.42 Å². The molecule has 32 heavy (non-hydrogen) atoms. The van der Waals surface area contributed by atoms with E-state index in [0.29, 0.717) is 5.69 Å². The van der Waals surface area contributed by atoms with Crippen LogP contribution in [0.3, 0.4) is 0 Å². The number of amides is 2. The van der Waals surface area contributed by atoms with Crippen molar-refractivity contribution in [3.8, 4) is 0 Å². The molecule has 2 amide bonds. The molecule has 2 rings (SSSR count). The van der Waals surface area contributed by atoms with Crippen LogP contribution in [-0.2, 0) is 26.2 Å². The Kier molecular flexibility index (Phi) is 9.08. The van der Waals surface area contributed by atoms with Gasteiger partial charge in [-0.05, 0) is 80.1 Å². The standard InChI is InChI=1S/C23H30IN3O4S/c1-16(2)25-23(29)18(4)26(14-19-8-6-7-17(3)13-19)22(28)15-27(32(5,30)31)21-11-9-20(24)10-12-21/h6-13,16,18H,14-15H2,1-5H3,(H,25,29). The predicted octanol–water partition coefficient (Wildman–Crippen LogP) is 3.31. The Hall–Kier alpha value is -2.14. The molecule has 1 atom stereocenters. The average molecular weight is 571 g/mol. The summed E-state index contributed by atoms with van der Waals surface area (Å²) in [6.45, 7) is 7.09. The number of anilines is 1. The van der Waals surface area contributed by atoms with Crippen LogP contribution < -0.4 is 9.62 Å².